The zero-order valence-electron chi connectivity index (χ0n) is 6.67. The molecule has 1 atom stereocenters. The van der Waals surface area contributed by atoms with Gasteiger partial charge in [0.1, 0.15) is 6.10 Å². The normalized spacial score (nSPS) is 19.2. The Balaban J connectivity index is 2.40. The van der Waals surface area contributed by atoms with Gasteiger partial charge in [-0.15, -0.1) is 0 Å². The van der Waals surface area contributed by atoms with E-state index >= 15 is 0 Å². The summed E-state index contributed by atoms with van der Waals surface area (Å²) in [6.07, 6.45) is 4.60. The number of carbonyl (C=O) groups excluding carboxylic acids is 1. The van der Waals surface area contributed by atoms with Gasteiger partial charge in [-0.2, -0.15) is 0 Å². The lowest BCUT2D eigenvalue weighted by Crippen LogP contribution is -2.21. The summed E-state index contributed by atoms with van der Waals surface area (Å²) in [5.41, 5.74) is 6.07. The first-order valence-electron chi connectivity index (χ1n) is 3.85. The van der Waals surface area contributed by atoms with Gasteiger partial charge in [-0.3, -0.25) is 0 Å². The van der Waals surface area contributed by atoms with Crippen LogP contribution in [0.5, 0.6) is 0 Å². The number of ether oxygens (including phenoxy) is 1. The Morgan fingerprint density at radius 2 is 2.55 bits per heavy atom. The molecule has 0 radical (unpaired) electrons. The second-order valence-electron chi connectivity index (χ2n) is 2.75. The highest BCUT2D eigenvalue weighted by molar-refractivity contribution is 5.65. The van der Waals surface area contributed by atoms with Crippen molar-refractivity contribution < 1.29 is 9.53 Å². The van der Waals surface area contributed by atoms with Crippen LogP contribution in [0.15, 0.2) is 11.6 Å². The fourth-order valence-corrected chi connectivity index (χ4v) is 1.31. The van der Waals surface area contributed by atoms with Gasteiger partial charge in [-0.05, 0) is 31.8 Å². The maximum atomic E-state index is 10.3. The third-order valence-electron chi connectivity index (χ3n) is 1.89. The van der Waals surface area contributed by atoms with Crippen molar-refractivity contribution in [2.45, 2.75) is 32.3 Å². The van der Waals surface area contributed by atoms with Gasteiger partial charge in [0, 0.05) is 0 Å². The molecule has 2 N–H and O–H groups in total. The fourth-order valence-electron chi connectivity index (χ4n) is 1.31. The molecule has 1 amide bonds. The first-order chi connectivity index (χ1) is 5.20. The van der Waals surface area contributed by atoms with Crippen LogP contribution in [0.2, 0.25) is 0 Å². The summed E-state index contributed by atoms with van der Waals surface area (Å²) >= 11 is 0. The van der Waals surface area contributed by atoms with Crippen molar-refractivity contribution in [1.29, 1.82) is 0 Å². The molecule has 0 aromatic heterocycles. The van der Waals surface area contributed by atoms with Crippen molar-refractivity contribution in [2.75, 3.05) is 0 Å². The first kappa shape index (κ1) is 8.11. The van der Waals surface area contributed by atoms with E-state index in [0.717, 1.165) is 12.8 Å². The Morgan fingerprint density at radius 3 is 3.00 bits per heavy atom. The summed E-state index contributed by atoms with van der Waals surface area (Å²) in [4.78, 5) is 10.3. The van der Waals surface area contributed by atoms with E-state index in [9.17, 15) is 4.79 Å². The molecule has 0 aromatic rings. The summed E-state index contributed by atoms with van der Waals surface area (Å²) in [6, 6.07) is 0. The molecule has 0 spiro atoms. The van der Waals surface area contributed by atoms with Crippen LogP contribution < -0.4 is 5.73 Å². The van der Waals surface area contributed by atoms with Crippen molar-refractivity contribution in [2.24, 2.45) is 5.73 Å². The summed E-state index contributed by atoms with van der Waals surface area (Å²) in [5, 5.41) is 0. The van der Waals surface area contributed by atoms with Gasteiger partial charge in [0.25, 0.3) is 0 Å². The monoisotopic (exact) mass is 155 g/mol. The number of allylic oxidation sites excluding steroid dienone is 1. The van der Waals surface area contributed by atoms with E-state index in [0.29, 0.717) is 0 Å². The van der Waals surface area contributed by atoms with Crippen LogP contribution in [0, 0.1) is 0 Å². The van der Waals surface area contributed by atoms with Crippen LogP contribution in [-0.2, 0) is 4.74 Å². The minimum Gasteiger partial charge on any atom is -0.442 e. The van der Waals surface area contributed by atoms with Crippen molar-refractivity contribution in [1.82, 2.24) is 0 Å². The van der Waals surface area contributed by atoms with Gasteiger partial charge >= 0.3 is 6.09 Å². The Labute approximate surface area is 66.2 Å². The van der Waals surface area contributed by atoms with Gasteiger partial charge in [0.15, 0.2) is 0 Å². The lowest BCUT2D eigenvalue weighted by atomic mass is 10.1. The van der Waals surface area contributed by atoms with Crippen LogP contribution in [0.3, 0.4) is 0 Å². The SMILES string of the molecule is CC(OC(N)=O)C1=CCCC1. The molecular weight excluding hydrogens is 142 g/mol. The highest BCUT2D eigenvalue weighted by atomic mass is 16.6. The second-order valence-corrected chi connectivity index (χ2v) is 2.75. The lowest BCUT2D eigenvalue weighted by Gasteiger charge is -2.11. The highest BCUT2D eigenvalue weighted by Gasteiger charge is 2.14. The maximum Gasteiger partial charge on any atom is 0.405 e. The van der Waals surface area contributed by atoms with E-state index in [1.807, 2.05) is 6.92 Å². The minimum absolute atomic E-state index is 0.130. The Morgan fingerprint density at radius 1 is 1.82 bits per heavy atom. The van der Waals surface area contributed by atoms with Gasteiger partial charge in [0.05, 0.1) is 0 Å². The van der Waals surface area contributed by atoms with Crippen molar-refractivity contribution in [3.05, 3.63) is 11.6 Å². The van der Waals surface area contributed by atoms with Gasteiger partial charge in [0.2, 0.25) is 0 Å². The third-order valence-corrected chi connectivity index (χ3v) is 1.89. The summed E-state index contributed by atoms with van der Waals surface area (Å²) in [6.45, 7) is 1.85. The number of carbonyl (C=O) groups is 1. The number of amides is 1. The molecule has 0 bridgehead atoms. The average molecular weight is 155 g/mol. The van der Waals surface area contributed by atoms with Crippen LogP contribution in [0.4, 0.5) is 4.79 Å². The van der Waals surface area contributed by atoms with Crippen molar-refractivity contribution >= 4 is 6.09 Å². The van der Waals surface area contributed by atoms with E-state index in [1.54, 1.807) is 0 Å². The van der Waals surface area contributed by atoms with Gasteiger partial charge < -0.3 is 10.5 Å². The van der Waals surface area contributed by atoms with E-state index in [2.05, 4.69) is 6.08 Å². The van der Waals surface area contributed by atoms with E-state index < -0.39 is 6.09 Å². The summed E-state index contributed by atoms with van der Waals surface area (Å²) < 4.78 is 4.80. The topological polar surface area (TPSA) is 52.3 Å². The molecule has 0 saturated heterocycles. The quantitative estimate of drug-likeness (QED) is 0.615. The molecule has 3 nitrogen and oxygen atoms in total. The molecule has 1 unspecified atom stereocenters. The van der Waals surface area contributed by atoms with Gasteiger partial charge in [-0.1, -0.05) is 6.08 Å². The molecule has 0 fully saturated rings. The van der Waals surface area contributed by atoms with Crippen LogP contribution in [0.25, 0.3) is 0 Å². The minimum atomic E-state index is -0.690. The first-order valence-corrected chi connectivity index (χ1v) is 3.85. The van der Waals surface area contributed by atoms with Crippen molar-refractivity contribution in [3.8, 4) is 0 Å². The summed E-state index contributed by atoms with van der Waals surface area (Å²) in [7, 11) is 0. The van der Waals surface area contributed by atoms with Crippen LogP contribution in [-0.4, -0.2) is 12.2 Å². The smallest absolute Gasteiger partial charge is 0.405 e. The third kappa shape index (κ3) is 2.26. The number of rotatable bonds is 2. The summed E-state index contributed by atoms with van der Waals surface area (Å²) in [5.74, 6) is 0. The molecule has 1 aliphatic rings. The van der Waals surface area contributed by atoms with Crippen LogP contribution >= 0.6 is 0 Å². The molecule has 0 aromatic carbocycles. The predicted molar refractivity (Wildman–Crippen MR) is 42.1 cm³/mol. The largest absolute Gasteiger partial charge is 0.442 e. The van der Waals surface area contributed by atoms with E-state index in [1.165, 1.54) is 12.0 Å². The number of primary amides is 1. The Bertz CT molecular complexity index is 187. The standard InChI is InChI=1S/C8H13NO2/c1-6(11-8(9)10)7-4-2-3-5-7/h4,6H,2-3,5H2,1H3,(H2,9,10). The molecule has 0 saturated carbocycles. The molecule has 11 heavy (non-hydrogen) atoms. The molecule has 1 aliphatic carbocycles. The van der Waals surface area contributed by atoms with Crippen molar-refractivity contribution in [3.63, 3.8) is 0 Å². The average Bonchev–Trinajstić information content (AvgIpc) is 2.35. The van der Waals surface area contributed by atoms with E-state index in [4.69, 9.17) is 10.5 Å². The molecule has 1 rings (SSSR count). The predicted octanol–water partition coefficient (Wildman–Crippen LogP) is 1.58. The van der Waals surface area contributed by atoms with Gasteiger partial charge in [-0.25, -0.2) is 4.79 Å². The maximum absolute atomic E-state index is 10.3. The molecule has 62 valence electrons. The zero-order valence-corrected chi connectivity index (χ0v) is 6.67. The lowest BCUT2D eigenvalue weighted by molar-refractivity contribution is 0.131. The highest BCUT2D eigenvalue weighted by Crippen LogP contribution is 2.22. The number of hydrogen-bond donors (Lipinski definition) is 1. The Kier molecular flexibility index (Phi) is 2.52. The second kappa shape index (κ2) is 3.42. The fraction of sp³-hybridized carbons (Fsp3) is 0.625. The molecule has 3 heteroatoms. The molecular formula is C8H13NO2. The Hall–Kier alpha value is -0.990. The molecule has 0 heterocycles. The number of nitrogens with two attached hydrogens (primary N) is 1. The number of hydrogen-bond acceptors (Lipinski definition) is 2. The van der Waals surface area contributed by atoms with E-state index in [-0.39, 0.29) is 6.10 Å². The zero-order chi connectivity index (χ0) is 8.27. The van der Waals surface area contributed by atoms with Crippen LogP contribution in [0.1, 0.15) is 26.2 Å². The molecule has 0 aliphatic heterocycles.